The molecule has 0 saturated heterocycles. The Kier molecular flexibility index (Phi) is 6.70. The number of thiazole rings is 1. The highest BCUT2D eigenvalue weighted by Crippen LogP contribution is 2.35. The Morgan fingerprint density at radius 3 is 2.52 bits per heavy atom. The summed E-state index contributed by atoms with van der Waals surface area (Å²) in [5, 5.41) is 0.450. The fraction of sp³-hybridized carbons (Fsp3) is 0.333. The maximum Gasteiger partial charge on any atom is 0.262 e. The quantitative estimate of drug-likeness (QED) is 0.461. The molecule has 3 rings (SSSR count). The largest absolute Gasteiger partial charge is 0.302 e. The highest BCUT2D eigenvalue weighted by atomic mass is 35.5. The third-order valence-corrected chi connectivity index (χ3v) is 6.79. The van der Waals surface area contributed by atoms with Gasteiger partial charge in [0.2, 0.25) is 0 Å². The molecule has 3 aromatic rings. The van der Waals surface area contributed by atoms with E-state index in [1.54, 1.807) is 23.1 Å². The van der Waals surface area contributed by atoms with Crippen LogP contribution in [-0.4, -0.2) is 42.0 Å². The summed E-state index contributed by atoms with van der Waals surface area (Å²) in [6.45, 7) is 6.98. The number of benzene rings is 1. The number of likely N-dealkylation sites (N-methyl/N-ethyl adjacent to an activating group) is 1. The number of aromatic nitrogens is 1. The number of hydrogen-bond donors (Lipinski definition) is 0. The third-order valence-electron chi connectivity index (χ3n) is 4.26. The van der Waals surface area contributed by atoms with Crippen LogP contribution in [0.4, 0.5) is 9.52 Å². The van der Waals surface area contributed by atoms with Gasteiger partial charge in [0.15, 0.2) is 5.13 Å². The fourth-order valence-corrected chi connectivity index (χ4v) is 5.17. The number of hydrogen-bond acceptors (Lipinski definition) is 5. The minimum atomic E-state index is -0.400. The van der Waals surface area contributed by atoms with Gasteiger partial charge >= 0.3 is 0 Å². The van der Waals surface area contributed by atoms with E-state index < -0.39 is 5.82 Å². The van der Waals surface area contributed by atoms with Crippen LogP contribution in [0, 0.1) is 5.82 Å². The van der Waals surface area contributed by atoms with Gasteiger partial charge in [-0.2, -0.15) is 0 Å². The second-order valence-electron chi connectivity index (χ2n) is 5.80. The molecule has 0 unspecified atom stereocenters. The topological polar surface area (TPSA) is 36.4 Å². The van der Waals surface area contributed by atoms with Crippen LogP contribution in [0.1, 0.15) is 24.2 Å². The molecule has 0 saturated carbocycles. The van der Waals surface area contributed by atoms with Crippen molar-refractivity contribution in [2.75, 3.05) is 31.1 Å². The first-order chi connectivity index (χ1) is 12.9. The number of carbonyl (C=O) groups excluding carboxylic acids is 1. The predicted molar refractivity (Wildman–Crippen MR) is 113 cm³/mol. The average molecular weight is 446 g/mol. The van der Waals surface area contributed by atoms with E-state index in [2.05, 4.69) is 23.7 Å². The van der Waals surface area contributed by atoms with Crippen LogP contribution in [0.3, 0.4) is 0 Å². The number of halogens is 3. The van der Waals surface area contributed by atoms with Gasteiger partial charge in [0.1, 0.15) is 15.7 Å². The molecule has 27 heavy (non-hydrogen) atoms. The maximum atomic E-state index is 14.1. The lowest BCUT2D eigenvalue weighted by atomic mass is 10.3. The van der Waals surface area contributed by atoms with Crippen LogP contribution in [0.15, 0.2) is 24.3 Å². The molecule has 1 aromatic carbocycles. The summed E-state index contributed by atoms with van der Waals surface area (Å²) in [7, 11) is 0. The van der Waals surface area contributed by atoms with E-state index in [0.717, 1.165) is 24.4 Å². The molecule has 0 aliphatic carbocycles. The van der Waals surface area contributed by atoms with Crippen LogP contribution in [0.25, 0.3) is 10.2 Å². The Labute approximate surface area is 175 Å². The van der Waals surface area contributed by atoms with Gasteiger partial charge in [-0.05, 0) is 31.3 Å². The van der Waals surface area contributed by atoms with Crippen LogP contribution in [0.5, 0.6) is 0 Å². The van der Waals surface area contributed by atoms with Crippen molar-refractivity contribution in [1.82, 2.24) is 9.88 Å². The van der Waals surface area contributed by atoms with Gasteiger partial charge in [-0.1, -0.05) is 54.5 Å². The second kappa shape index (κ2) is 8.84. The second-order valence-corrected chi connectivity index (χ2v) is 9.10. The Balaban J connectivity index is 1.99. The predicted octanol–water partition coefficient (Wildman–Crippen LogP) is 5.79. The lowest BCUT2D eigenvalue weighted by Crippen LogP contribution is -2.38. The van der Waals surface area contributed by atoms with Gasteiger partial charge in [0.25, 0.3) is 5.91 Å². The molecule has 144 valence electrons. The summed E-state index contributed by atoms with van der Waals surface area (Å²) in [6.07, 6.45) is 0. The molecule has 0 spiro atoms. The van der Waals surface area contributed by atoms with Crippen molar-refractivity contribution in [3.8, 4) is 0 Å². The monoisotopic (exact) mass is 445 g/mol. The highest BCUT2D eigenvalue weighted by molar-refractivity contribution is 7.22. The number of anilines is 1. The Hall–Kier alpha value is -1.25. The first-order valence-corrected chi connectivity index (χ1v) is 10.9. The molecular formula is C18H18Cl2FN3OS2. The van der Waals surface area contributed by atoms with Crippen LogP contribution in [-0.2, 0) is 0 Å². The minimum absolute atomic E-state index is 0.271. The summed E-state index contributed by atoms with van der Waals surface area (Å²) in [5.41, 5.74) is 0.610. The molecule has 4 nitrogen and oxygen atoms in total. The first-order valence-electron chi connectivity index (χ1n) is 8.48. The lowest BCUT2D eigenvalue weighted by Gasteiger charge is -2.24. The molecule has 0 aliphatic rings. The van der Waals surface area contributed by atoms with Crippen LogP contribution in [0.2, 0.25) is 8.67 Å². The van der Waals surface area contributed by atoms with E-state index >= 15 is 0 Å². The average Bonchev–Trinajstić information content (AvgIpc) is 3.22. The van der Waals surface area contributed by atoms with Crippen LogP contribution < -0.4 is 4.90 Å². The van der Waals surface area contributed by atoms with Gasteiger partial charge in [0, 0.05) is 13.1 Å². The van der Waals surface area contributed by atoms with E-state index in [-0.39, 0.29) is 11.4 Å². The number of para-hydroxylation sites is 1. The Bertz CT molecular complexity index is 955. The Morgan fingerprint density at radius 2 is 1.93 bits per heavy atom. The summed E-state index contributed by atoms with van der Waals surface area (Å²) in [4.78, 5) is 21.3. The van der Waals surface area contributed by atoms with Crippen molar-refractivity contribution in [3.63, 3.8) is 0 Å². The summed E-state index contributed by atoms with van der Waals surface area (Å²) in [5.74, 6) is -0.683. The van der Waals surface area contributed by atoms with Crippen molar-refractivity contribution in [2.24, 2.45) is 0 Å². The number of fused-ring (bicyclic) bond motifs is 1. The number of carbonyl (C=O) groups is 1. The maximum absolute atomic E-state index is 14.1. The van der Waals surface area contributed by atoms with Gasteiger partial charge in [0.05, 0.1) is 14.6 Å². The fourth-order valence-electron chi connectivity index (χ4n) is 2.72. The molecule has 9 heteroatoms. The molecule has 0 radical (unpaired) electrons. The van der Waals surface area contributed by atoms with E-state index in [9.17, 15) is 9.18 Å². The SMILES string of the molecule is CCN(CC)CCN(C(=O)c1cc(Cl)sc1Cl)c1nc2c(F)cccc2s1. The van der Waals surface area contributed by atoms with Crippen molar-refractivity contribution in [3.05, 3.63) is 44.3 Å². The zero-order valence-corrected chi connectivity index (χ0v) is 18.0. The molecule has 0 atom stereocenters. The smallest absolute Gasteiger partial charge is 0.262 e. The number of nitrogens with zero attached hydrogens (tertiary/aromatic N) is 3. The van der Waals surface area contributed by atoms with Crippen LogP contribution >= 0.6 is 45.9 Å². The molecule has 1 amide bonds. The zero-order chi connectivity index (χ0) is 19.6. The number of rotatable bonds is 7. The summed E-state index contributed by atoms with van der Waals surface area (Å²) >= 11 is 14.6. The molecule has 0 bridgehead atoms. The van der Waals surface area contributed by atoms with E-state index in [0.29, 0.717) is 37.2 Å². The van der Waals surface area contributed by atoms with Gasteiger partial charge in [-0.15, -0.1) is 11.3 Å². The van der Waals surface area contributed by atoms with E-state index in [1.807, 2.05) is 0 Å². The molecule has 2 heterocycles. The first kappa shape index (κ1) is 20.5. The van der Waals surface area contributed by atoms with Gasteiger partial charge < -0.3 is 4.90 Å². The van der Waals surface area contributed by atoms with Crippen molar-refractivity contribution in [2.45, 2.75) is 13.8 Å². The molecule has 0 fully saturated rings. The highest BCUT2D eigenvalue weighted by Gasteiger charge is 2.25. The van der Waals surface area contributed by atoms with Gasteiger partial charge in [-0.3, -0.25) is 9.69 Å². The van der Waals surface area contributed by atoms with Gasteiger partial charge in [-0.25, -0.2) is 9.37 Å². The number of amides is 1. The van der Waals surface area contributed by atoms with Crippen molar-refractivity contribution >= 4 is 67.1 Å². The minimum Gasteiger partial charge on any atom is -0.302 e. The third kappa shape index (κ3) is 4.43. The Morgan fingerprint density at radius 1 is 1.19 bits per heavy atom. The van der Waals surface area contributed by atoms with Crippen molar-refractivity contribution < 1.29 is 9.18 Å². The molecule has 0 aliphatic heterocycles. The summed E-state index contributed by atoms with van der Waals surface area (Å²) < 4.78 is 15.6. The molecule has 0 N–H and O–H groups in total. The summed E-state index contributed by atoms with van der Waals surface area (Å²) in [6, 6.07) is 6.36. The van der Waals surface area contributed by atoms with E-state index in [1.165, 1.54) is 17.4 Å². The lowest BCUT2D eigenvalue weighted by molar-refractivity contribution is 0.0984. The molecule has 2 aromatic heterocycles. The van der Waals surface area contributed by atoms with Crippen molar-refractivity contribution in [1.29, 1.82) is 0 Å². The van der Waals surface area contributed by atoms with E-state index in [4.69, 9.17) is 23.2 Å². The normalized spacial score (nSPS) is 11.5. The zero-order valence-electron chi connectivity index (χ0n) is 14.8. The standard InChI is InChI=1S/C18H18Cl2FN3OS2/c1-3-23(4-2)8-9-24(17(25)11-10-14(19)27-16(11)20)18-22-15-12(21)6-5-7-13(15)26-18/h5-7,10H,3-4,8-9H2,1-2H3. The molecular weight excluding hydrogens is 428 g/mol. The number of thiophene rings is 1.